The van der Waals surface area contributed by atoms with Gasteiger partial charge in [0.15, 0.2) is 5.13 Å². The van der Waals surface area contributed by atoms with E-state index in [1.807, 2.05) is 6.92 Å². The van der Waals surface area contributed by atoms with Crippen molar-refractivity contribution in [1.29, 1.82) is 0 Å². The summed E-state index contributed by atoms with van der Waals surface area (Å²) in [6.07, 6.45) is 1.14. The van der Waals surface area contributed by atoms with Crippen molar-refractivity contribution in [2.75, 3.05) is 39.2 Å². The van der Waals surface area contributed by atoms with Crippen molar-refractivity contribution in [2.45, 2.75) is 19.4 Å². The number of aromatic nitrogens is 1. The molecule has 0 radical (unpaired) electrons. The number of hydrogen-bond acceptors (Lipinski definition) is 6. The Bertz CT molecular complexity index is 445. The van der Waals surface area contributed by atoms with Crippen LogP contribution in [0.15, 0.2) is 0 Å². The lowest BCUT2D eigenvalue weighted by molar-refractivity contribution is 0.0605. The van der Waals surface area contributed by atoms with Gasteiger partial charge in [-0.25, -0.2) is 9.78 Å². The molecular weight excluding hydrogens is 250 g/mol. The SMILES string of the molecule is COC(=O)c1sc(N2CCC(N(C)C)C2)nc1C. The third-order valence-electron chi connectivity index (χ3n) is 3.32. The summed E-state index contributed by atoms with van der Waals surface area (Å²) in [7, 11) is 5.60. The fourth-order valence-corrected chi connectivity index (χ4v) is 3.16. The summed E-state index contributed by atoms with van der Waals surface area (Å²) in [5.74, 6) is -0.292. The molecule has 1 aromatic rings. The number of rotatable bonds is 3. The number of nitrogens with zero attached hydrogens (tertiary/aromatic N) is 3. The molecule has 0 saturated carbocycles. The molecule has 1 saturated heterocycles. The third-order valence-corrected chi connectivity index (χ3v) is 4.52. The summed E-state index contributed by atoms with van der Waals surface area (Å²) < 4.78 is 4.76. The maximum absolute atomic E-state index is 11.6. The van der Waals surface area contributed by atoms with Gasteiger partial charge in [0.1, 0.15) is 4.88 Å². The van der Waals surface area contributed by atoms with Crippen LogP contribution in [0.1, 0.15) is 21.8 Å². The van der Waals surface area contributed by atoms with E-state index in [-0.39, 0.29) is 5.97 Å². The smallest absolute Gasteiger partial charge is 0.350 e. The molecule has 0 bridgehead atoms. The second kappa shape index (κ2) is 5.24. The van der Waals surface area contributed by atoms with E-state index in [2.05, 4.69) is 28.9 Å². The number of aryl methyl sites for hydroxylation is 1. The summed E-state index contributed by atoms with van der Waals surface area (Å²) in [6, 6.07) is 0.566. The molecule has 1 fully saturated rings. The summed E-state index contributed by atoms with van der Waals surface area (Å²) >= 11 is 1.42. The molecule has 0 spiro atoms. The van der Waals surface area contributed by atoms with Gasteiger partial charge in [-0.15, -0.1) is 0 Å². The molecular formula is C12H19N3O2S. The van der Waals surface area contributed by atoms with Gasteiger partial charge in [0, 0.05) is 19.1 Å². The summed E-state index contributed by atoms with van der Waals surface area (Å²) in [5, 5.41) is 0.928. The molecule has 2 rings (SSSR count). The minimum Gasteiger partial charge on any atom is -0.465 e. The molecule has 0 aromatic carbocycles. The molecule has 0 amide bonds. The Hall–Kier alpha value is -1.14. The molecule has 100 valence electrons. The number of likely N-dealkylation sites (N-methyl/N-ethyl adjacent to an activating group) is 1. The zero-order chi connectivity index (χ0) is 13.3. The first kappa shape index (κ1) is 13.3. The van der Waals surface area contributed by atoms with Crippen molar-refractivity contribution in [3.63, 3.8) is 0 Å². The van der Waals surface area contributed by atoms with Crippen molar-refractivity contribution in [3.8, 4) is 0 Å². The van der Waals surface area contributed by atoms with Gasteiger partial charge in [0.25, 0.3) is 0 Å². The fraction of sp³-hybridized carbons (Fsp3) is 0.667. The molecule has 1 aliphatic heterocycles. The van der Waals surface area contributed by atoms with Crippen LogP contribution in [-0.4, -0.2) is 56.2 Å². The van der Waals surface area contributed by atoms with Crippen LogP contribution >= 0.6 is 11.3 Å². The predicted molar refractivity (Wildman–Crippen MR) is 72.5 cm³/mol. The largest absolute Gasteiger partial charge is 0.465 e. The number of methoxy groups -OCH3 is 1. The van der Waals surface area contributed by atoms with Crippen LogP contribution in [0, 0.1) is 6.92 Å². The van der Waals surface area contributed by atoms with E-state index in [1.165, 1.54) is 18.4 Å². The molecule has 0 aliphatic carbocycles. The van der Waals surface area contributed by atoms with Crippen LogP contribution in [0.2, 0.25) is 0 Å². The van der Waals surface area contributed by atoms with Crippen LogP contribution in [0.5, 0.6) is 0 Å². The zero-order valence-corrected chi connectivity index (χ0v) is 12.1. The number of thiazole rings is 1. The Morgan fingerprint density at radius 1 is 1.56 bits per heavy atom. The number of ether oxygens (including phenoxy) is 1. The highest BCUT2D eigenvalue weighted by Crippen LogP contribution is 2.29. The van der Waals surface area contributed by atoms with E-state index >= 15 is 0 Å². The number of carbonyl (C=O) groups excluding carboxylic acids is 1. The van der Waals surface area contributed by atoms with Crippen LogP contribution in [0.4, 0.5) is 5.13 Å². The lowest BCUT2D eigenvalue weighted by atomic mass is 10.2. The first-order chi connectivity index (χ1) is 8.52. The Morgan fingerprint density at radius 2 is 2.28 bits per heavy atom. The van der Waals surface area contributed by atoms with E-state index in [9.17, 15) is 4.79 Å². The van der Waals surface area contributed by atoms with Crippen molar-refractivity contribution in [1.82, 2.24) is 9.88 Å². The summed E-state index contributed by atoms with van der Waals surface area (Å²) in [4.78, 5) is 21.1. The Balaban J connectivity index is 2.13. The average molecular weight is 269 g/mol. The first-order valence-corrected chi connectivity index (χ1v) is 6.81. The van der Waals surface area contributed by atoms with Crippen LogP contribution in [0.3, 0.4) is 0 Å². The first-order valence-electron chi connectivity index (χ1n) is 6.00. The normalized spacial score (nSPS) is 19.6. The maximum Gasteiger partial charge on any atom is 0.350 e. The van der Waals surface area contributed by atoms with Gasteiger partial charge in [-0.3, -0.25) is 0 Å². The van der Waals surface area contributed by atoms with Gasteiger partial charge >= 0.3 is 5.97 Å². The summed E-state index contributed by atoms with van der Waals surface area (Å²) in [5.41, 5.74) is 0.759. The van der Waals surface area contributed by atoms with Crippen LogP contribution in [0.25, 0.3) is 0 Å². The fourth-order valence-electron chi connectivity index (χ4n) is 2.14. The standard InChI is InChI=1S/C12H19N3O2S/c1-8-10(11(16)17-4)18-12(13-8)15-6-5-9(7-15)14(2)3/h9H,5-7H2,1-4H3. The molecule has 18 heavy (non-hydrogen) atoms. The van der Waals surface area contributed by atoms with Gasteiger partial charge < -0.3 is 14.5 Å². The van der Waals surface area contributed by atoms with E-state index in [4.69, 9.17) is 4.74 Å². The zero-order valence-electron chi connectivity index (χ0n) is 11.3. The molecule has 1 unspecified atom stereocenters. The average Bonchev–Trinajstić information content (AvgIpc) is 2.94. The topological polar surface area (TPSA) is 45.7 Å². The van der Waals surface area contributed by atoms with Crippen molar-refractivity contribution >= 4 is 22.4 Å². The monoisotopic (exact) mass is 269 g/mol. The van der Waals surface area contributed by atoms with E-state index in [1.54, 1.807) is 0 Å². The van der Waals surface area contributed by atoms with Gasteiger partial charge in [-0.1, -0.05) is 11.3 Å². The molecule has 6 heteroatoms. The van der Waals surface area contributed by atoms with Gasteiger partial charge in [0.05, 0.1) is 12.8 Å². The molecule has 2 heterocycles. The minimum atomic E-state index is -0.292. The Labute approximate surface area is 111 Å². The molecule has 1 atom stereocenters. The molecule has 0 N–H and O–H groups in total. The lowest BCUT2D eigenvalue weighted by Crippen LogP contribution is -2.31. The van der Waals surface area contributed by atoms with Crippen molar-refractivity contribution < 1.29 is 9.53 Å². The van der Waals surface area contributed by atoms with Crippen LogP contribution in [-0.2, 0) is 4.74 Å². The highest BCUT2D eigenvalue weighted by Gasteiger charge is 2.27. The van der Waals surface area contributed by atoms with Crippen LogP contribution < -0.4 is 4.90 Å². The number of hydrogen-bond donors (Lipinski definition) is 0. The lowest BCUT2D eigenvalue weighted by Gasteiger charge is -2.19. The van der Waals surface area contributed by atoms with E-state index in [0.717, 1.165) is 30.3 Å². The third kappa shape index (κ3) is 2.49. The molecule has 5 nitrogen and oxygen atoms in total. The Kier molecular flexibility index (Phi) is 3.87. The van der Waals surface area contributed by atoms with Gasteiger partial charge in [0.2, 0.25) is 0 Å². The van der Waals surface area contributed by atoms with Gasteiger partial charge in [-0.05, 0) is 27.4 Å². The van der Waals surface area contributed by atoms with Gasteiger partial charge in [-0.2, -0.15) is 0 Å². The summed E-state index contributed by atoms with van der Waals surface area (Å²) in [6.45, 7) is 3.82. The Morgan fingerprint density at radius 3 is 2.83 bits per heavy atom. The highest BCUT2D eigenvalue weighted by molar-refractivity contribution is 7.17. The minimum absolute atomic E-state index is 0.292. The number of esters is 1. The van der Waals surface area contributed by atoms with Crippen molar-refractivity contribution in [2.24, 2.45) is 0 Å². The van der Waals surface area contributed by atoms with E-state index in [0.29, 0.717) is 10.9 Å². The predicted octanol–water partition coefficient (Wildman–Crippen LogP) is 1.38. The highest BCUT2D eigenvalue weighted by atomic mass is 32.1. The maximum atomic E-state index is 11.6. The molecule has 1 aromatic heterocycles. The number of anilines is 1. The number of carbonyl (C=O) groups is 1. The van der Waals surface area contributed by atoms with Crippen molar-refractivity contribution in [3.05, 3.63) is 10.6 Å². The quantitative estimate of drug-likeness (QED) is 0.776. The molecule has 1 aliphatic rings. The van der Waals surface area contributed by atoms with E-state index < -0.39 is 0 Å². The second-order valence-corrected chi connectivity index (χ2v) is 5.73. The second-order valence-electron chi connectivity index (χ2n) is 4.75.